The fraction of sp³-hybridized carbons (Fsp3) is 0.421. The zero-order valence-corrected chi connectivity index (χ0v) is 17.7. The average Bonchev–Trinajstić information content (AvgIpc) is 3.18. The molecule has 1 aromatic heterocycles. The van der Waals surface area contributed by atoms with Gasteiger partial charge in [0.05, 0.1) is 5.01 Å². The number of aromatic nitrogens is 1. The van der Waals surface area contributed by atoms with Gasteiger partial charge in [-0.05, 0) is 17.7 Å². The molecule has 30 heavy (non-hydrogen) atoms. The van der Waals surface area contributed by atoms with E-state index in [1.807, 2.05) is 18.2 Å². The number of rotatable bonds is 8. The minimum Gasteiger partial charge on any atom is -0.484 e. The number of ether oxygens (including phenoxy) is 1. The summed E-state index contributed by atoms with van der Waals surface area (Å²) < 4.78 is 43.3. The van der Waals surface area contributed by atoms with Crippen LogP contribution in [-0.4, -0.2) is 56.0 Å². The van der Waals surface area contributed by atoms with E-state index in [0.29, 0.717) is 36.2 Å². The number of guanidine groups is 1. The standard InChI is InChI=1S/C19H24F3N5O2S/c1-23-18(24-8-7-16-26-15(12-30-16)19(20,21)22)25-10-13-5-4-6-14(9-13)29-11-17(28)27(2)3/h4-6,9,12H,7-8,10-11H2,1-3H3,(H2,23,24,25). The van der Waals surface area contributed by atoms with E-state index in [-0.39, 0.29) is 12.5 Å². The van der Waals surface area contributed by atoms with Crippen molar-refractivity contribution < 1.29 is 22.7 Å². The van der Waals surface area contributed by atoms with E-state index in [2.05, 4.69) is 20.6 Å². The van der Waals surface area contributed by atoms with Gasteiger partial charge in [0.15, 0.2) is 18.3 Å². The molecule has 0 bridgehead atoms. The third-order valence-corrected chi connectivity index (χ3v) is 4.83. The predicted octanol–water partition coefficient (Wildman–Crippen LogP) is 2.54. The van der Waals surface area contributed by atoms with E-state index in [9.17, 15) is 18.0 Å². The van der Waals surface area contributed by atoms with Crippen molar-refractivity contribution in [2.45, 2.75) is 19.1 Å². The van der Waals surface area contributed by atoms with Gasteiger partial charge in [-0.15, -0.1) is 11.3 Å². The van der Waals surface area contributed by atoms with Crippen LogP contribution >= 0.6 is 11.3 Å². The van der Waals surface area contributed by atoms with E-state index in [1.54, 1.807) is 27.2 Å². The molecule has 0 unspecified atom stereocenters. The Bertz CT molecular complexity index is 868. The smallest absolute Gasteiger partial charge is 0.434 e. The second-order valence-corrected chi connectivity index (χ2v) is 7.39. The number of alkyl halides is 3. The molecule has 2 rings (SSSR count). The Morgan fingerprint density at radius 3 is 2.70 bits per heavy atom. The molecule has 164 valence electrons. The highest BCUT2D eigenvalue weighted by Gasteiger charge is 2.33. The van der Waals surface area contributed by atoms with Gasteiger partial charge >= 0.3 is 6.18 Å². The van der Waals surface area contributed by atoms with E-state index in [1.165, 1.54) is 4.90 Å². The molecule has 0 saturated carbocycles. The minimum absolute atomic E-state index is 0.0418. The van der Waals surface area contributed by atoms with E-state index >= 15 is 0 Å². The van der Waals surface area contributed by atoms with Crippen LogP contribution in [0.2, 0.25) is 0 Å². The summed E-state index contributed by atoms with van der Waals surface area (Å²) in [6.45, 7) is 0.800. The Hall–Kier alpha value is -2.82. The number of nitrogens with zero attached hydrogens (tertiary/aromatic N) is 3. The number of amides is 1. The van der Waals surface area contributed by atoms with Gasteiger partial charge in [0, 0.05) is 46.0 Å². The lowest BCUT2D eigenvalue weighted by Crippen LogP contribution is -2.37. The molecule has 0 spiro atoms. The Labute approximate surface area is 177 Å². The van der Waals surface area contributed by atoms with E-state index < -0.39 is 11.9 Å². The third kappa shape index (κ3) is 7.54. The Morgan fingerprint density at radius 1 is 1.30 bits per heavy atom. The molecule has 0 aliphatic carbocycles. The number of thiazole rings is 1. The Balaban J connectivity index is 1.79. The monoisotopic (exact) mass is 443 g/mol. The maximum Gasteiger partial charge on any atom is 0.434 e. The molecule has 1 aromatic carbocycles. The zero-order valence-electron chi connectivity index (χ0n) is 16.9. The van der Waals surface area contributed by atoms with Crippen LogP contribution in [0.3, 0.4) is 0 Å². The number of hydrogen-bond donors (Lipinski definition) is 2. The SMILES string of the molecule is CN=C(NCCc1nc(C(F)(F)F)cs1)NCc1cccc(OCC(=O)N(C)C)c1. The first-order chi connectivity index (χ1) is 14.2. The summed E-state index contributed by atoms with van der Waals surface area (Å²) in [6, 6.07) is 7.30. The lowest BCUT2D eigenvalue weighted by atomic mass is 10.2. The average molecular weight is 443 g/mol. The number of carbonyl (C=O) groups excluding carboxylic acids is 1. The summed E-state index contributed by atoms with van der Waals surface area (Å²) in [5.74, 6) is 0.958. The van der Waals surface area contributed by atoms with Crippen LogP contribution in [0.1, 0.15) is 16.3 Å². The van der Waals surface area contributed by atoms with Crippen LogP contribution in [0.5, 0.6) is 5.75 Å². The molecular formula is C19H24F3N5O2S. The lowest BCUT2D eigenvalue weighted by Gasteiger charge is -2.13. The summed E-state index contributed by atoms with van der Waals surface area (Å²) in [7, 11) is 4.93. The van der Waals surface area contributed by atoms with Crippen molar-refractivity contribution in [2.24, 2.45) is 4.99 Å². The normalized spacial score (nSPS) is 11.9. The summed E-state index contributed by atoms with van der Waals surface area (Å²) in [5, 5.41) is 7.59. The van der Waals surface area contributed by atoms with Crippen LogP contribution in [0.4, 0.5) is 13.2 Å². The van der Waals surface area contributed by atoms with E-state index in [0.717, 1.165) is 22.3 Å². The van der Waals surface area contributed by atoms with Crippen molar-refractivity contribution in [1.29, 1.82) is 0 Å². The lowest BCUT2D eigenvalue weighted by molar-refractivity contribution is -0.140. The number of carbonyl (C=O) groups is 1. The number of halogens is 3. The Kier molecular flexibility index (Phi) is 8.46. The highest BCUT2D eigenvalue weighted by atomic mass is 32.1. The van der Waals surface area contributed by atoms with Gasteiger partial charge in [-0.2, -0.15) is 13.2 Å². The molecule has 0 saturated heterocycles. The molecule has 1 heterocycles. The molecule has 1 amide bonds. The van der Waals surface area contributed by atoms with Crippen LogP contribution < -0.4 is 15.4 Å². The molecule has 2 N–H and O–H groups in total. The topological polar surface area (TPSA) is 78.9 Å². The molecule has 2 aromatic rings. The fourth-order valence-electron chi connectivity index (χ4n) is 2.27. The largest absolute Gasteiger partial charge is 0.484 e. The highest BCUT2D eigenvalue weighted by molar-refractivity contribution is 7.09. The van der Waals surface area contributed by atoms with Crippen molar-refractivity contribution in [3.05, 3.63) is 45.9 Å². The van der Waals surface area contributed by atoms with Gasteiger partial charge in [0.25, 0.3) is 5.91 Å². The molecule has 0 aliphatic heterocycles. The predicted molar refractivity (Wildman–Crippen MR) is 110 cm³/mol. The molecular weight excluding hydrogens is 419 g/mol. The van der Waals surface area contributed by atoms with Gasteiger partial charge in [-0.1, -0.05) is 12.1 Å². The first kappa shape index (κ1) is 23.5. The summed E-state index contributed by atoms with van der Waals surface area (Å²) in [6.07, 6.45) is -4.07. The summed E-state index contributed by atoms with van der Waals surface area (Å²) in [5.41, 5.74) is 0.0573. The van der Waals surface area contributed by atoms with Crippen molar-refractivity contribution >= 4 is 23.2 Å². The first-order valence-electron chi connectivity index (χ1n) is 9.07. The highest BCUT2D eigenvalue weighted by Crippen LogP contribution is 2.30. The van der Waals surface area contributed by atoms with Crippen molar-refractivity contribution in [3.63, 3.8) is 0 Å². The first-order valence-corrected chi connectivity index (χ1v) is 9.95. The second kappa shape index (κ2) is 10.8. The van der Waals surface area contributed by atoms with Gasteiger partial charge in [-0.25, -0.2) is 4.98 Å². The summed E-state index contributed by atoms with van der Waals surface area (Å²) >= 11 is 0.984. The Morgan fingerprint density at radius 2 is 2.07 bits per heavy atom. The molecule has 7 nitrogen and oxygen atoms in total. The van der Waals surface area contributed by atoms with Crippen LogP contribution in [0.15, 0.2) is 34.6 Å². The van der Waals surface area contributed by atoms with Gasteiger partial charge < -0.3 is 20.3 Å². The minimum atomic E-state index is -4.42. The molecule has 0 atom stereocenters. The number of likely N-dealkylation sites (N-methyl/N-ethyl adjacent to an activating group) is 1. The number of benzene rings is 1. The third-order valence-electron chi connectivity index (χ3n) is 3.92. The zero-order chi connectivity index (χ0) is 22.1. The van der Waals surface area contributed by atoms with E-state index in [4.69, 9.17) is 4.74 Å². The van der Waals surface area contributed by atoms with Gasteiger partial charge in [-0.3, -0.25) is 9.79 Å². The molecule has 0 radical (unpaired) electrons. The van der Waals surface area contributed by atoms with Crippen molar-refractivity contribution in [3.8, 4) is 5.75 Å². The summed E-state index contributed by atoms with van der Waals surface area (Å²) in [4.78, 5) is 20.8. The van der Waals surface area contributed by atoms with Gasteiger partial charge in [0.2, 0.25) is 0 Å². The maximum absolute atomic E-state index is 12.6. The second-order valence-electron chi connectivity index (χ2n) is 6.45. The van der Waals surface area contributed by atoms with Crippen LogP contribution in [-0.2, 0) is 23.9 Å². The van der Waals surface area contributed by atoms with Crippen molar-refractivity contribution in [1.82, 2.24) is 20.5 Å². The quantitative estimate of drug-likeness (QED) is 0.484. The fourth-order valence-corrected chi connectivity index (χ4v) is 3.07. The number of hydrogen-bond acceptors (Lipinski definition) is 5. The molecule has 0 aliphatic rings. The maximum atomic E-state index is 12.6. The number of nitrogens with one attached hydrogen (secondary N) is 2. The molecule has 0 fully saturated rings. The van der Waals surface area contributed by atoms with Crippen molar-refractivity contribution in [2.75, 3.05) is 34.3 Å². The van der Waals surface area contributed by atoms with Crippen LogP contribution in [0.25, 0.3) is 0 Å². The van der Waals surface area contributed by atoms with Crippen LogP contribution in [0, 0.1) is 0 Å². The molecule has 11 heteroatoms. The van der Waals surface area contributed by atoms with Gasteiger partial charge in [0.1, 0.15) is 5.75 Å². The number of aliphatic imine (C=N–C) groups is 1.